The number of aryl methyl sites for hydroxylation is 1. The van der Waals surface area contributed by atoms with Crippen LogP contribution in [0.5, 0.6) is 0 Å². The van der Waals surface area contributed by atoms with Crippen LogP contribution < -0.4 is 0 Å². The molecule has 0 fully saturated rings. The van der Waals surface area contributed by atoms with Gasteiger partial charge in [-0.25, -0.2) is 0 Å². The van der Waals surface area contributed by atoms with E-state index >= 15 is 0 Å². The highest BCUT2D eigenvalue weighted by Crippen LogP contribution is 2.29. The summed E-state index contributed by atoms with van der Waals surface area (Å²) >= 11 is 6.14. The van der Waals surface area contributed by atoms with Gasteiger partial charge in [0.15, 0.2) is 5.82 Å². The third-order valence-corrected chi connectivity index (χ3v) is 3.66. The van der Waals surface area contributed by atoms with Crippen LogP contribution in [0.4, 0.5) is 0 Å². The Balaban J connectivity index is 2.16. The maximum atomic E-state index is 6.14. The monoisotopic (exact) mass is 287 g/mol. The third-order valence-electron chi connectivity index (χ3n) is 3.15. The molecule has 4 nitrogen and oxygen atoms in total. The van der Waals surface area contributed by atoms with E-state index in [-0.39, 0.29) is 5.38 Å². The van der Waals surface area contributed by atoms with Gasteiger partial charge in [0.2, 0.25) is 0 Å². The Morgan fingerprint density at radius 1 is 1.25 bits per heavy atom. The van der Waals surface area contributed by atoms with E-state index in [0.29, 0.717) is 11.7 Å². The standard InChI is InChI=1S/C15H14ClN3O/c1-3-12(16)14-18-15(20-19-14)11-8-9(2)17-13-7-5-4-6-10(11)13/h4-8,12H,3H2,1-2H3. The Kier molecular flexibility index (Phi) is 3.40. The summed E-state index contributed by atoms with van der Waals surface area (Å²) in [7, 11) is 0. The summed E-state index contributed by atoms with van der Waals surface area (Å²) in [6.07, 6.45) is 0.761. The predicted octanol–water partition coefficient (Wildman–Crippen LogP) is 4.28. The SMILES string of the molecule is CCC(Cl)c1noc(-c2cc(C)nc3ccccc23)n1. The van der Waals surface area contributed by atoms with E-state index in [2.05, 4.69) is 15.1 Å². The molecule has 2 heterocycles. The number of aromatic nitrogens is 3. The number of nitrogens with zero attached hydrogens (tertiary/aromatic N) is 3. The molecule has 3 aromatic rings. The fourth-order valence-corrected chi connectivity index (χ4v) is 2.23. The van der Waals surface area contributed by atoms with Crippen molar-refractivity contribution in [3.8, 4) is 11.5 Å². The molecule has 0 bridgehead atoms. The molecule has 0 saturated heterocycles. The first-order valence-electron chi connectivity index (χ1n) is 6.53. The molecule has 0 aliphatic rings. The van der Waals surface area contributed by atoms with Gasteiger partial charge in [-0.3, -0.25) is 4.98 Å². The Morgan fingerprint density at radius 2 is 2.05 bits per heavy atom. The molecule has 1 aromatic carbocycles. The zero-order chi connectivity index (χ0) is 14.1. The van der Waals surface area contributed by atoms with Crippen LogP contribution in [-0.2, 0) is 0 Å². The highest BCUT2D eigenvalue weighted by atomic mass is 35.5. The highest BCUT2D eigenvalue weighted by molar-refractivity contribution is 6.20. The summed E-state index contributed by atoms with van der Waals surface area (Å²) in [5.74, 6) is 1.02. The van der Waals surface area contributed by atoms with Crippen LogP contribution in [0.2, 0.25) is 0 Å². The van der Waals surface area contributed by atoms with E-state index in [1.165, 1.54) is 0 Å². The van der Waals surface area contributed by atoms with E-state index in [1.54, 1.807) is 0 Å². The van der Waals surface area contributed by atoms with Crippen molar-refractivity contribution in [2.75, 3.05) is 0 Å². The molecule has 2 aromatic heterocycles. The molecule has 1 unspecified atom stereocenters. The first-order chi connectivity index (χ1) is 9.69. The second kappa shape index (κ2) is 5.21. The summed E-state index contributed by atoms with van der Waals surface area (Å²) in [5.41, 5.74) is 2.73. The number of fused-ring (bicyclic) bond motifs is 1. The average Bonchev–Trinajstić information content (AvgIpc) is 2.95. The highest BCUT2D eigenvalue weighted by Gasteiger charge is 2.17. The first kappa shape index (κ1) is 13.1. The lowest BCUT2D eigenvalue weighted by Crippen LogP contribution is -1.92. The number of benzene rings is 1. The molecule has 0 amide bonds. The quantitative estimate of drug-likeness (QED) is 0.675. The van der Waals surface area contributed by atoms with Crippen LogP contribution in [0.15, 0.2) is 34.9 Å². The van der Waals surface area contributed by atoms with Crippen molar-refractivity contribution in [2.45, 2.75) is 25.6 Å². The van der Waals surface area contributed by atoms with Gasteiger partial charge in [0, 0.05) is 11.1 Å². The summed E-state index contributed by atoms with van der Waals surface area (Å²) in [4.78, 5) is 8.91. The molecular formula is C15H14ClN3O. The fourth-order valence-electron chi connectivity index (χ4n) is 2.14. The van der Waals surface area contributed by atoms with Crippen LogP contribution in [0, 0.1) is 6.92 Å². The van der Waals surface area contributed by atoms with Gasteiger partial charge in [0.05, 0.1) is 16.5 Å². The number of rotatable bonds is 3. The van der Waals surface area contributed by atoms with Gasteiger partial charge in [-0.2, -0.15) is 4.98 Å². The van der Waals surface area contributed by atoms with Crippen molar-refractivity contribution in [3.05, 3.63) is 41.9 Å². The molecule has 0 aliphatic carbocycles. The zero-order valence-corrected chi connectivity index (χ0v) is 12.1. The lowest BCUT2D eigenvalue weighted by atomic mass is 10.1. The van der Waals surface area contributed by atoms with Crippen molar-refractivity contribution < 1.29 is 4.52 Å². The van der Waals surface area contributed by atoms with E-state index < -0.39 is 0 Å². The van der Waals surface area contributed by atoms with Crippen molar-refractivity contribution >= 4 is 22.5 Å². The molecule has 102 valence electrons. The van der Waals surface area contributed by atoms with Gasteiger partial charge < -0.3 is 4.52 Å². The van der Waals surface area contributed by atoms with Crippen molar-refractivity contribution in [2.24, 2.45) is 0 Å². The van der Waals surface area contributed by atoms with Crippen LogP contribution in [0.25, 0.3) is 22.4 Å². The fraction of sp³-hybridized carbons (Fsp3) is 0.267. The van der Waals surface area contributed by atoms with Gasteiger partial charge >= 0.3 is 0 Å². The minimum atomic E-state index is -0.221. The molecule has 3 rings (SSSR count). The summed E-state index contributed by atoms with van der Waals surface area (Å²) in [6.45, 7) is 3.93. The van der Waals surface area contributed by atoms with Crippen LogP contribution in [-0.4, -0.2) is 15.1 Å². The van der Waals surface area contributed by atoms with Crippen LogP contribution >= 0.6 is 11.6 Å². The molecular weight excluding hydrogens is 274 g/mol. The van der Waals surface area contributed by atoms with Gasteiger partial charge in [0.1, 0.15) is 0 Å². The number of halogens is 1. The van der Waals surface area contributed by atoms with Crippen molar-refractivity contribution in [1.29, 1.82) is 0 Å². The molecule has 0 N–H and O–H groups in total. The Bertz CT molecular complexity index is 754. The lowest BCUT2D eigenvalue weighted by Gasteiger charge is -2.03. The van der Waals surface area contributed by atoms with E-state index in [0.717, 1.165) is 28.6 Å². The van der Waals surface area contributed by atoms with E-state index in [1.807, 2.05) is 44.2 Å². The number of hydrogen-bond donors (Lipinski definition) is 0. The maximum Gasteiger partial charge on any atom is 0.258 e. The van der Waals surface area contributed by atoms with Crippen LogP contribution in [0.3, 0.4) is 0 Å². The topological polar surface area (TPSA) is 51.8 Å². The summed E-state index contributed by atoms with van der Waals surface area (Å²) < 4.78 is 5.36. The summed E-state index contributed by atoms with van der Waals surface area (Å²) in [6, 6.07) is 9.85. The zero-order valence-electron chi connectivity index (χ0n) is 11.3. The maximum absolute atomic E-state index is 6.14. The molecule has 0 aliphatic heterocycles. The Hall–Kier alpha value is -1.94. The predicted molar refractivity (Wildman–Crippen MR) is 78.7 cm³/mol. The number of para-hydroxylation sites is 1. The minimum absolute atomic E-state index is 0.221. The van der Waals surface area contributed by atoms with E-state index in [4.69, 9.17) is 16.1 Å². The number of pyridine rings is 1. The van der Waals surface area contributed by atoms with Gasteiger partial charge in [0.25, 0.3) is 5.89 Å². The lowest BCUT2D eigenvalue weighted by molar-refractivity contribution is 0.421. The van der Waals surface area contributed by atoms with Crippen molar-refractivity contribution in [3.63, 3.8) is 0 Å². The normalized spacial score (nSPS) is 12.8. The largest absolute Gasteiger partial charge is 0.334 e. The first-order valence-corrected chi connectivity index (χ1v) is 6.97. The Morgan fingerprint density at radius 3 is 2.85 bits per heavy atom. The second-order valence-electron chi connectivity index (χ2n) is 4.66. The molecule has 0 spiro atoms. The smallest absolute Gasteiger partial charge is 0.258 e. The molecule has 0 radical (unpaired) electrons. The van der Waals surface area contributed by atoms with E-state index in [9.17, 15) is 0 Å². The number of hydrogen-bond acceptors (Lipinski definition) is 4. The second-order valence-corrected chi connectivity index (χ2v) is 5.19. The summed E-state index contributed by atoms with van der Waals surface area (Å²) in [5, 5.41) is 4.74. The van der Waals surface area contributed by atoms with Crippen molar-refractivity contribution in [1.82, 2.24) is 15.1 Å². The van der Waals surface area contributed by atoms with Gasteiger partial charge in [-0.1, -0.05) is 30.3 Å². The van der Waals surface area contributed by atoms with Crippen LogP contribution in [0.1, 0.15) is 30.2 Å². The molecule has 20 heavy (non-hydrogen) atoms. The molecule has 0 saturated carbocycles. The van der Waals surface area contributed by atoms with Gasteiger partial charge in [-0.05, 0) is 25.5 Å². The third kappa shape index (κ3) is 2.27. The minimum Gasteiger partial charge on any atom is -0.334 e. The van der Waals surface area contributed by atoms with Gasteiger partial charge in [-0.15, -0.1) is 11.6 Å². The molecule has 1 atom stereocenters. The molecule has 5 heteroatoms. The Labute approximate surface area is 121 Å². The number of alkyl halides is 1. The average molecular weight is 288 g/mol.